The minimum absolute atomic E-state index is 0.265. The lowest BCUT2D eigenvalue weighted by Crippen LogP contribution is -2.07. The Bertz CT molecular complexity index is 786. The van der Waals surface area contributed by atoms with Crippen LogP contribution < -0.4 is 4.74 Å². The highest BCUT2D eigenvalue weighted by atomic mass is 16.5. The number of unbranched alkanes of at least 4 members (excludes halogenated alkanes) is 5. The summed E-state index contributed by atoms with van der Waals surface area (Å²) < 4.78 is 10.8. The summed E-state index contributed by atoms with van der Waals surface area (Å²) in [6.07, 6.45) is 17.5. The summed E-state index contributed by atoms with van der Waals surface area (Å²) in [6, 6.07) is 8.36. The third-order valence-electron chi connectivity index (χ3n) is 5.10. The van der Waals surface area contributed by atoms with Crippen molar-refractivity contribution in [2.45, 2.75) is 78.1 Å². The van der Waals surface area contributed by atoms with Gasteiger partial charge in [-0.3, -0.25) is 4.79 Å². The Morgan fingerprint density at radius 3 is 2.38 bits per heavy atom. The van der Waals surface area contributed by atoms with E-state index in [1.54, 1.807) is 12.4 Å². The average Bonchev–Trinajstić information content (AvgIpc) is 2.82. The van der Waals surface area contributed by atoms with Crippen molar-refractivity contribution in [3.63, 3.8) is 0 Å². The lowest BCUT2D eigenvalue weighted by atomic mass is 10.0. The van der Waals surface area contributed by atoms with Crippen LogP contribution in [0.4, 0.5) is 0 Å². The molecule has 5 heteroatoms. The first-order valence-corrected chi connectivity index (χ1v) is 12.1. The highest BCUT2D eigenvalue weighted by Gasteiger charge is 2.06. The smallest absolute Gasteiger partial charge is 0.315 e. The second-order valence-electron chi connectivity index (χ2n) is 8.01. The zero-order valence-corrected chi connectivity index (χ0v) is 19.7. The van der Waals surface area contributed by atoms with Gasteiger partial charge in [-0.1, -0.05) is 69.5 Å². The molecule has 0 saturated carbocycles. The van der Waals surface area contributed by atoms with Crippen LogP contribution in [-0.4, -0.2) is 29.2 Å². The molecule has 174 valence electrons. The van der Waals surface area contributed by atoms with Crippen molar-refractivity contribution in [1.82, 2.24) is 9.97 Å². The lowest BCUT2D eigenvalue weighted by molar-refractivity contribution is -0.133. The largest absolute Gasteiger partial charge is 0.423 e. The number of carbonyl (C=O) groups is 1. The standard InChI is InChI=1S/C27H38N2O3/c1-3-5-6-7-8-11-14-26(30)32-25-21-28-27(29-22-25)24-17-15-23(16-18-24)13-10-9-12-20-31-19-4-2/h8,11,15-18,21-22H,3-7,9-10,12-14,19-20H2,1-2H3/b11-8-. The van der Waals surface area contributed by atoms with Gasteiger partial charge >= 0.3 is 5.97 Å². The molecule has 0 unspecified atom stereocenters. The fourth-order valence-electron chi connectivity index (χ4n) is 3.28. The highest BCUT2D eigenvalue weighted by Crippen LogP contribution is 2.18. The van der Waals surface area contributed by atoms with Crippen molar-refractivity contribution in [3.8, 4) is 17.1 Å². The van der Waals surface area contributed by atoms with Gasteiger partial charge < -0.3 is 9.47 Å². The molecule has 0 amide bonds. The molecule has 0 aliphatic rings. The molecule has 1 heterocycles. The van der Waals surface area contributed by atoms with Gasteiger partial charge in [0.1, 0.15) is 0 Å². The molecule has 1 aromatic carbocycles. The van der Waals surface area contributed by atoms with Gasteiger partial charge in [0.05, 0.1) is 18.8 Å². The molecule has 0 saturated heterocycles. The monoisotopic (exact) mass is 438 g/mol. The van der Waals surface area contributed by atoms with Crippen LogP contribution in [-0.2, 0) is 16.0 Å². The number of aromatic nitrogens is 2. The predicted molar refractivity (Wildman–Crippen MR) is 130 cm³/mol. The molecular formula is C27H38N2O3. The van der Waals surface area contributed by atoms with Crippen LogP contribution in [0.5, 0.6) is 5.75 Å². The Balaban J connectivity index is 1.72. The maximum Gasteiger partial charge on any atom is 0.315 e. The summed E-state index contributed by atoms with van der Waals surface area (Å²) in [4.78, 5) is 20.6. The Morgan fingerprint density at radius 1 is 0.875 bits per heavy atom. The summed E-state index contributed by atoms with van der Waals surface area (Å²) in [5.41, 5.74) is 2.27. The van der Waals surface area contributed by atoms with E-state index in [9.17, 15) is 4.79 Å². The van der Waals surface area contributed by atoms with E-state index in [1.807, 2.05) is 24.3 Å². The topological polar surface area (TPSA) is 61.3 Å². The van der Waals surface area contributed by atoms with Gasteiger partial charge in [0.15, 0.2) is 11.6 Å². The van der Waals surface area contributed by atoms with Crippen molar-refractivity contribution in [1.29, 1.82) is 0 Å². The van der Waals surface area contributed by atoms with E-state index < -0.39 is 0 Å². The van der Waals surface area contributed by atoms with E-state index in [-0.39, 0.29) is 12.4 Å². The van der Waals surface area contributed by atoms with Crippen LogP contribution >= 0.6 is 0 Å². The van der Waals surface area contributed by atoms with Crippen LogP contribution in [0.25, 0.3) is 11.4 Å². The molecule has 5 nitrogen and oxygen atoms in total. The Labute approximate surface area is 193 Å². The number of benzene rings is 1. The van der Waals surface area contributed by atoms with Gasteiger partial charge in [-0.25, -0.2) is 9.97 Å². The second-order valence-corrected chi connectivity index (χ2v) is 8.01. The van der Waals surface area contributed by atoms with Crippen LogP contribution in [0.2, 0.25) is 0 Å². The number of carbonyl (C=O) groups excluding carboxylic acids is 1. The fourth-order valence-corrected chi connectivity index (χ4v) is 3.28. The number of rotatable bonds is 16. The second kappa shape index (κ2) is 16.2. The number of hydrogen-bond donors (Lipinski definition) is 0. The van der Waals surface area contributed by atoms with Crippen molar-refractivity contribution in [2.24, 2.45) is 0 Å². The molecule has 32 heavy (non-hydrogen) atoms. The molecule has 2 rings (SSSR count). The van der Waals surface area contributed by atoms with E-state index in [4.69, 9.17) is 9.47 Å². The fraction of sp³-hybridized carbons (Fsp3) is 0.519. The van der Waals surface area contributed by atoms with Crippen LogP contribution in [0.15, 0.2) is 48.8 Å². The number of hydrogen-bond acceptors (Lipinski definition) is 5. The van der Waals surface area contributed by atoms with Crippen LogP contribution in [0.1, 0.15) is 77.2 Å². The predicted octanol–water partition coefficient (Wildman–Crippen LogP) is 6.72. The van der Waals surface area contributed by atoms with Crippen LogP contribution in [0.3, 0.4) is 0 Å². The van der Waals surface area contributed by atoms with Crippen molar-refractivity contribution in [3.05, 3.63) is 54.4 Å². The first-order chi connectivity index (χ1) is 15.7. The molecular weight excluding hydrogens is 400 g/mol. The summed E-state index contributed by atoms with van der Waals surface area (Å²) in [5.74, 6) is 0.701. The van der Waals surface area contributed by atoms with E-state index in [2.05, 4.69) is 35.9 Å². The average molecular weight is 439 g/mol. The van der Waals surface area contributed by atoms with Gasteiger partial charge in [0.2, 0.25) is 0 Å². The maximum atomic E-state index is 11.9. The molecule has 0 aliphatic carbocycles. The molecule has 0 fully saturated rings. The quantitative estimate of drug-likeness (QED) is 0.165. The number of allylic oxidation sites excluding steroid dienone is 1. The van der Waals surface area contributed by atoms with Gasteiger partial charge in [-0.05, 0) is 44.1 Å². The molecule has 0 N–H and O–H groups in total. The summed E-state index contributed by atoms with van der Waals surface area (Å²) in [6.45, 7) is 6.04. The van der Waals surface area contributed by atoms with Crippen LogP contribution in [0, 0.1) is 0 Å². The summed E-state index contributed by atoms with van der Waals surface area (Å²) >= 11 is 0. The van der Waals surface area contributed by atoms with Crippen molar-refractivity contribution in [2.75, 3.05) is 13.2 Å². The zero-order valence-electron chi connectivity index (χ0n) is 19.7. The van der Waals surface area contributed by atoms with E-state index in [1.165, 1.54) is 31.2 Å². The van der Waals surface area contributed by atoms with E-state index >= 15 is 0 Å². The number of esters is 1. The van der Waals surface area contributed by atoms with Crippen molar-refractivity contribution >= 4 is 5.97 Å². The third-order valence-corrected chi connectivity index (χ3v) is 5.10. The molecule has 0 radical (unpaired) electrons. The minimum Gasteiger partial charge on any atom is -0.423 e. The van der Waals surface area contributed by atoms with Gasteiger partial charge in [0, 0.05) is 18.8 Å². The molecule has 0 atom stereocenters. The summed E-state index contributed by atoms with van der Waals surface area (Å²) in [7, 11) is 0. The Morgan fingerprint density at radius 2 is 1.66 bits per heavy atom. The van der Waals surface area contributed by atoms with Crippen molar-refractivity contribution < 1.29 is 14.3 Å². The minimum atomic E-state index is -0.297. The zero-order chi connectivity index (χ0) is 22.9. The third kappa shape index (κ3) is 10.7. The Kier molecular flexibility index (Phi) is 13.0. The molecule has 0 bridgehead atoms. The molecule has 0 aliphatic heterocycles. The number of ether oxygens (including phenoxy) is 2. The first kappa shape index (κ1) is 25.7. The van der Waals surface area contributed by atoms with Gasteiger partial charge in [-0.2, -0.15) is 0 Å². The molecule has 1 aromatic heterocycles. The SMILES string of the molecule is CCCCC/C=C\CC(=O)Oc1cnc(-c2ccc(CCCCCOCCC)cc2)nc1. The first-order valence-electron chi connectivity index (χ1n) is 12.1. The lowest BCUT2D eigenvalue weighted by Gasteiger charge is -2.06. The highest BCUT2D eigenvalue weighted by molar-refractivity contribution is 5.73. The maximum absolute atomic E-state index is 11.9. The molecule has 2 aromatic rings. The van der Waals surface area contributed by atoms with E-state index in [0.717, 1.165) is 50.9 Å². The number of nitrogens with zero attached hydrogens (tertiary/aromatic N) is 2. The Hall–Kier alpha value is -2.53. The van der Waals surface area contributed by atoms with Gasteiger partial charge in [-0.15, -0.1) is 0 Å². The van der Waals surface area contributed by atoms with E-state index in [0.29, 0.717) is 11.6 Å². The normalized spacial score (nSPS) is 11.2. The molecule has 0 spiro atoms. The summed E-state index contributed by atoms with van der Waals surface area (Å²) in [5, 5.41) is 0. The number of aryl methyl sites for hydroxylation is 1. The van der Waals surface area contributed by atoms with Gasteiger partial charge in [0.25, 0.3) is 0 Å².